The van der Waals surface area contributed by atoms with E-state index in [0.717, 1.165) is 13.0 Å². The molecule has 3 rings (SSSR count). The third-order valence-electron chi connectivity index (χ3n) is 4.67. The molecule has 3 saturated heterocycles. The van der Waals surface area contributed by atoms with Gasteiger partial charge in [0.2, 0.25) is 11.8 Å². The summed E-state index contributed by atoms with van der Waals surface area (Å²) in [5, 5.41) is 3.33. The number of nitrogens with one attached hydrogen (secondary N) is 1. The van der Waals surface area contributed by atoms with E-state index in [0.29, 0.717) is 39.3 Å². The van der Waals surface area contributed by atoms with Crippen LogP contribution in [0.1, 0.15) is 19.8 Å². The highest BCUT2D eigenvalue weighted by molar-refractivity contribution is 5.82. The van der Waals surface area contributed by atoms with E-state index in [2.05, 4.69) is 5.32 Å². The van der Waals surface area contributed by atoms with E-state index in [1.54, 1.807) is 0 Å². The van der Waals surface area contributed by atoms with Crippen LogP contribution in [0.15, 0.2) is 0 Å². The molecule has 6 nitrogen and oxygen atoms in total. The van der Waals surface area contributed by atoms with E-state index in [-0.39, 0.29) is 29.8 Å². The van der Waals surface area contributed by atoms with E-state index < -0.39 is 0 Å². The molecule has 0 aromatic heterocycles. The minimum Gasteiger partial charge on any atom is -0.379 e. The van der Waals surface area contributed by atoms with Crippen molar-refractivity contribution >= 4 is 11.8 Å². The number of rotatable bonds is 3. The number of nitrogens with zero attached hydrogens (tertiary/aromatic N) is 2. The largest absolute Gasteiger partial charge is 0.379 e. The summed E-state index contributed by atoms with van der Waals surface area (Å²) in [5.41, 5.74) is 0. The molecular formula is C14H23N3O3. The van der Waals surface area contributed by atoms with Gasteiger partial charge in [-0.1, -0.05) is 6.92 Å². The van der Waals surface area contributed by atoms with Gasteiger partial charge in [0.05, 0.1) is 19.1 Å². The molecule has 3 aliphatic heterocycles. The van der Waals surface area contributed by atoms with Gasteiger partial charge in [-0.3, -0.25) is 9.59 Å². The molecule has 0 aliphatic carbocycles. The molecule has 3 fully saturated rings. The van der Waals surface area contributed by atoms with Gasteiger partial charge >= 0.3 is 0 Å². The van der Waals surface area contributed by atoms with Crippen LogP contribution in [0, 0.1) is 5.92 Å². The summed E-state index contributed by atoms with van der Waals surface area (Å²) in [4.78, 5) is 28.2. The molecule has 6 heteroatoms. The Kier molecular flexibility index (Phi) is 3.94. The summed E-state index contributed by atoms with van der Waals surface area (Å²) < 4.78 is 5.46. The Balaban J connectivity index is 1.62. The molecule has 3 atom stereocenters. The van der Waals surface area contributed by atoms with Crippen LogP contribution in [0.4, 0.5) is 0 Å². The molecule has 3 aliphatic rings. The fourth-order valence-electron chi connectivity index (χ4n) is 3.56. The number of ether oxygens (including phenoxy) is 1. The lowest BCUT2D eigenvalue weighted by atomic mass is 10.0. The fraction of sp³-hybridized carbons (Fsp3) is 0.857. The average molecular weight is 281 g/mol. The predicted octanol–water partition coefficient (Wildman–Crippen LogP) is -0.556. The molecule has 112 valence electrons. The zero-order valence-corrected chi connectivity index (χ0v) is 12.0. The lowest BCUT2D eigenvalue weighted by Gasteiger charge is -2.39. The van der Waals surface area contributed by atoms with Crippen molar-refractivity contribution in [2.45, 2.75) is 31.8 Å². The van der Waals surface area contributed by atoms with Crippen LogP contribution in [0.2, 0.25) is 0 Å². The van der Waals surface area contributed by atoms with Gasteiger partial charge in [0, 0.05) is 38.1 Å². The van der Waals surface area contributed by atoms with Crippen molar-refractivity contribution in [2.75, 3.05) is 39.4 Å². The van der Waals surface area contributed by atoms with Crippen LogP contribution in [0.5, 0.6) is 0 Å². The molecule has 1 N–H and O–H groups in total. The van der Waals surface area contributed by atoms with Gasteiger partial charge < -0.3 is 19.9 Å². The first kappa shape index (κ1) is 13.8. The van der Waals surface area contributed by atoms with Crippen LogP contribution in [0.3, 0.4) is 0 Å². The molecular weight excluding hydrogens is 258 g/mol. The number of piperazine rings is 1. The van der Waals surface area contributed by atoms with Crippen molar-refractivity contribution < 1.29 is 14.3 Å². The Hall–Kier alpha value is -1.14. The second-order valence-electron chi connectivity index (χ2n) is 5.87. The van der Waals surface area contributed by atoms with E-state index >= 15 is 0 Å². The van der Waals surface area contributed by atoms with Gasteiger partial charge in [0.25, 0.3) is 0 Å². The predicted molar refractivity (Wildman–Crippen MR) is 73.1 cm³/mol. The van der Waals surface area contributed by atoms with Crippen LogP contribution in [0.25, 0.3) is 0 Å². The lowest BCUT2D eigenvalue weighted by molar-refractivity contribution is -0.142. The number of fused-ring (bicyclic) bond motifs is 1. The number of amides is 2. The Morgan fingerprint density at radius 1 is 1.40 bits per heavy atom. The van der Waals surface area contributed by atoms with Gasteiger partial charge in [-0.05, 0) is 13.0 Å². The molecule has 3 unspecified atom stereocenters. The Morgan fingerprint density at radius 3 is 3.05 bits per heavy atom. The smallest absolute Gasteiger partial charge is 0.229 e. The standard InChI is InChI=1S/C14H23N3O3/c1-2-15-12-9-20-8-11(12)14(19)16-5-6-17-10(7-16)3-4-13(17)18/h10-12,15H,2-9H2,1H3. The summed E-state index contributed by atoms with van der Waals surface area (Å²) in [7, 11) is 0. The fourth-order valence-corrected chi connectivity index (χ4v) is 3.56. The monoisotopic (exact) mass is 281 g/mol. The molecule has 2 amide bonds. The van der Waals surface area contributed by atoms with Gasteiger partial charge in [0.1, 0.15) is 0 Å². The van der Waals surface area contributed by atoms with Crippen molar-refractivity contribution in [1.29, 1.82) is 0 Å². The third-order valence-corrected chi connectivity index (χ3v) is 4.67. The molecule has 0 saturated carbocycles. The second-order valence-corrected chi connectivity index (χ2v) is 5.87. The Morgan fingerprint density at radius 2 is 2.25 bits per heavy atom. The number of likely N-dealkylation sites (N-methyl/N-ethyl adjacent to an activating group) is 1. The molecule has 20 heavy (non-hydrogen) atoms. The zero-order chi connectivity index (χ0) is 14.1. The number of carbonyl (C=O) groups is 2. The third kappa shape index (κ3) is 2.42. The maximum atomic E-state index is 12.7. The molecule has 0 bridgehead atoms. The molecule has 0 spiro atoms. The zero-order valence-electron chi connectivity index (χ0n) is 12.0. The van der Waals surface area contributed by atoms with Crippen molar-refractivity contribution in [3.05, 3.63) is 0 Å². The van der Waals surface area contributed by atoms with Crippen LogP contribution >= 0.6 is 0 Å². The topological polar surface area (TPSA) is 61.9 Å². The highest BCUT2D eigenvalue weighted by atomic mass is 16.5. The highest BCUT2D eigenvalue weighted by Crippen LogP contribution is 2.25. The van der Waals surface area contributed by atoms with Crippen molar-refractivity contribution in [2.24, 2.45) is 5.92 Å². The van der Waals surface area contributed by atoms with Gasteiger partial charge in [-0.25, -0.2) is 0 Å². The normalized spacial score (nSPS) is 33.6. The Bertz CT molecular complexity index is 401. The second kappa shape index (κ2) is 5.69. The van der Waals surface area contributed by atoms with Crippen molar-refractivity contribution in [1.82, 2.24) is 15.1 Å². The number of carbonyl (C=O) groups excluding carboxylic acids is 2. The summed E-state index contributed by atoms with van der Waals surface area (Å²) in [6, 6.07) is 0.371. The minimum atomic E-state index is -0.0707. The van der Waals surface area contributed by atoms with Gasteiger partial charge in [-0.15, -0.1) is 0 Å². The lowest BCUT2D eigenvalue weighted by Crippen LogP contribution is -2.56. The Labute approximate surface area is 119 Å². The quantitative estimate of drug-likeness (QED) is 0.753. The SMILES string of the molecule is CCNC1COCC1C(=O)N1CCN2C(=O)CCC2C1. The highest BCUT2D eigenvalue weighted by Gasteiger charge is 2.41. The molecule has 0 radical (unpaired) electrons. The van der Waals surface area contributed by atoms with Crippen LogP contribution in [-0.4, -0.2) is 73.1 Å². The minimum absolute atomic E-state index is 0.0707. The maximum absolute atomic E-state index is 12.7. The maximum Gasteiger partial charge on any atom is 0.229 e. The summed E-state index contributed by atoms with van der Waals surface area (Å²) in [5.74, 6) is 0.364. The summed E-state index contributed by atoms with van der Waals surface area (Å²) in [6.45, 7) is 6.07. The van der Waals surface area contributed by atoms with Gasteiger partial charge in [0.15, 0.2) is 0 Å². The van der Waals surface area contributed by atoms with Crippen molar-refractivity contribution in [3.63, 3.8) is 0 Å². The molecule has 0 aromatic rings. The summed E-state index contributed by atoms with van der Waals surface area (Å²) >= 11 is 0. The first-order chi connectivity index (χ1) is 9.70. The van der Waals surface area contributed by atoms with Crippen LogP contribution < -0.4 is 5.32 Å². The van der Waals surface area contributed by atoms with E-state index in [9.17, 15) is 9.59 Å². The van der Waals surface area contributed by atoms with E-state index in [1.807, 2.05) is 16.7 Å². The number of hydrogen-bond donors (Lipinski definition) is 1. The van der Waals surface area contributed by atoms with E-state index in [1.165, 1.54) is 0 Å². The van der Waals surface area contributed by atoms with E-state index in [4.69, 9.17) is 4.74 Å². The summed E-state index contributed by atoms with van der Waals surface area (Å²) in [6.07, 6.45) is 1.53. The number of hydrogen-bond acceptors (Lipinski definition) is 4. The first-order valence-electron chi connectivity index (χ1n) is 7.60. The first-order valence-corrected chi connectivity index (χ1v) is 7.60. The van der Waals surface area contributed by atoms with Crippen molar-refractivity contribution in [3.8, 4) is 0 Å². The molecule has 0 aromatic carbocycles. The average Bonchev–Trinajstić information content (AvgIpc) is 3.06. The van der Waals surface area contributed by atoms with Gasteiger partial charge in [-0.2, -0.15) is 0 Å². The molecule has 3 heterocycles. The van der Waals surface area contributed by atoms with Crippen LogP contribution in [-0.2, 0) is 14.3 Å².